The maximum Gasteiger partial charge on any atom is 0.233 e. The number of Topliss-reactive ketones (excluding diaryl/α,β-unsaturated/α-hetero) is 1. The minimum Gasteiger partial charge on any atom is -0.508 e. The molecule has 1 aliphatic heterocycles. The quantitative estimate of drug-likeness (QED) is 0.273. The van der Waals surface area contributed by atoms with Crippen molar-refractivity contribution in [3.05, 3.63) is 118 Å². The first-order valence-electron chi connectivity index (χ1n) is 15.2. The lowest BCUT2D eigenvalue weighted by atomic mass is 9.44. The van der Waals surface area contributed by atoms with Gasteiger partial charge in [0.1, 0.15) is 5.75 Å². The zero-order valence-corrected chi connectivity index (χ0v) is 25.0. The number of rotatable bonds is 5. The molecule has 3 aliphatic carbocycles. The zero-order chi connectivity index (χ0) is 30.7. The molecule has 1 saturated heterocycles. The number of allylic oxidation sites excluding steroid dienone is 4. The number of halogens is 1. The highest BCUT2D eigenvalue weighted by Crippen LogP contribution is 2.64. The van der Waals surface area contributed by atoms with Crippen LogP contribution in [0.25, 0.3) is 5.57 Å². The van der Waals surface area contributed by atoms with Crippen molar-refractivity contribution in [2.45, 2.75) is 37.5 Å². The van der Waals surface area contributed by atoms with Crippen LogP contribution in [0.1, 0.15) is 48.8 Å². The van der Waals surface area contributed by atoms with E-state index in [1.165, 1.54) is 23.1 Å². The lowest BCUT2D eigenvalue weighted by Crippen LogP contribution is -2.58. The van der Waals surface area contributed by atoms with Gasteiger partial charge in [0.25, 0.3) is 0 Å². The molecule has 222 valence electrons. The van der Waals surface area contributed by atoms with Crippen LogP contribution in [-0.2, 0) is 24.6 Å². The summed E-state index contributed by atoms with van der Waals surface area (Å²) in [6.07, 6.45) is 4.79. The van der Waals surface area contributed by atoms with Crippen molar-refractivity contribution in [2.24, 2.45) is 23.7 Å². The number of hydrogen-bond acceptors (Lipinski definition) is 5. The van der Waals surface area contributed by atoms with Gasteiger partial charge in [-0.15, -0.1) is 0 Å². The van der Waals surface area contributed by atoms with E-state index in [1.54, 1.807) is 6.07 Å². The van der Waals surface area contributed by atoms with Gasteiger partial charge in [-0.1, -0.05) is 96.9 Å². The maximum atomic E-state index is 14.9. The van der Waals surface area contributed by atoms with E-state index >= 15 is 0 Å². The van der Waals surface area contributed by atoms with E-state index in [1.807, 2.05) is 73.7 Å². The van der Waals surface area contributed by atoms with E-state index in [9.17, 15) is 24.3 Å². The summed E-state index contributed by atoms with van der Waals surface area (Å²) in [5.74, 6) is -3.81. The van der Waals surface area contributed by atoms with Crippen LogP contribution in [-0.4, -0.2) is 39.9 Å². The summed E-state index contributed by atoms with van der Waals surface area (Å²) >= 11 is 6.88. The molecule has 0 spiro atoms. The summed E-state index contributed by atoms with van der Waals surface area (Å²) in [5.41, 5.74) is 1.83. The molecule has 44 heavy (non-hydrogen) atoms. The fourth-order valence-corrected chi connectivity index (χ4v) is 8.76. The zero-order valence-electron chi connectivity index (χ0n) is 24.3. The summed E-state index contributed by atoms with van der Waals surface area (Å²) in [7, 11) is 0. The number of likely N-dealkylation sites (tertiary alicyclic amines) is 1. The summed E-state index contributed by atoms with van der Waals surface area (Å²) in [6, 6.07) is 23.3. The molecule has 2 amide bonds. The van der Waals surface area contributed by atoms with Gasteiger partial charge in [0, 0.05) is 29.0 Å². The average molecular weight is 606 g/mol. The molecule has 1 heterocycles. The monoisotopic (exact) mass is 605 g/mol. The third kappa shape index (κ3) is 4.00. The van der Waals surface area contributed by atoms with Crippen molar-refractivity contribution in [1.29, 1.82) is 0 Å². The molecule has 3 aromatic rings. The van der Waals surface area contributed by atoms with Crippen LogP contribution in [0.2, 0.25) is 5.02 Å². The minimum absolute atomic E-state index is 0.0156. The van der Waals surface area contributed by atoms with Gasteiger partial charge in [-0.05, 0) is 60.1 Å². The van der Waals surface area contributed by atoms with E-state index < -0.39 is 35.0 Å². The van der Waals surface area contributed by atoms with E-state index in [4.69, 9.17) is 11.6 Å². The Balaban J connectivity index is 1.51. The second kappa shape index (κ2) is 10.7. The van der Waals surface area contributed by atoms with Crippen molar-refractivity contribution in [3.63, 3.8) is 0 Å². The molecule has 3 aromatic carbocycles. The first-order chi connectivity index (χ1) is 21.3. The first-order valence-corrected chi connectivity index (χ1v) is 15.6. The van der Waals surface area contributed by atoms with E-state index in [0.29, 0.717) is 41.6 Å². The maximum absolute atomic E-state index is 14.9. The Morgan fingerprint density at radius 1 is 0.909 bits per heavy atom. The number of carbonyl (C=O) groups is 4. The molecule has 6 unspecified atom stereocenters. The van der Waals surface area contributed by atoms with Crippen LogP contribution in [0, 0.1) is 23.7 Å². The molecule has 0 bridgehead atoms. The number of ketones is 2. The Morgan fingerprint density at radius 3 is 2.30 bits per heavy atom. The van der Waals surface area contributed by atoms with Gasteiger partial charge in [0.05, 0.1) is 17.3 Å². The SMILES string of the molecule is CCCN1C(=O)C2CC=C3C(CC4C(=O)C(c5ccccc5)=CC(=O)C4(c4ccccc4)C3c3ccc(O)cc3Cl)C2C1=O. The van der Waals surface area contributed by atoms with Crippen molar-refractivity contribution in [2.75, 3.05) is 6.54 Å². The molecular weight excluding hydrogens is 574 g/mol. The van der Waals surface area contributed by atoms with Gasteiger partial charge in [0.2, 0.25) is 11.8 Å². The van der Waals surface area contributed by atoms with E-state index in [0.717, 1.165) is 5.57 Å². The summed E-state index contributed by atoms with van der Waals surface area (Å²) in [4.78, 5) is 58.5. The molecule has 6 nitrogen and oxygen atoms in total. The van der Waals surface area contributed by atoms with Crippen LogP contribution in [0.15, 0.2) is 96.6 Å². The molecule has 7 heteroatoms. The van der Waals surface area contributed by atoms with Crippen LogP contribution in [0.4, 0.5) is 0 Å². The van der Waals surface area contributed by atoms with Crippen LogP contribution in [0.5, 0.6) is 5.75 Å². The molecule has 6 atom stereocenters. The second-order valence-electron chi connectivity index (χ2n) is 12.3. The molecule has 4 aliphatic rings. The first kappa shape index (κ1) is 28.5. The average Bonchev–Trinajstić information content (AvgIpc) is 3.28. The summed E-state index contributed by atoms with van der Waals surface area (Å²) < 4.78 is 0. The van der Waals surface area contributed by atoms with Crippen molar-refractivity contribution in [1.82, 2.24) is 4.90 Å². The molecule has 7 rings (SSSR count). The fraction of sp³-hybridized carbons (Fsp3) is 0.297. The highest BCUT2D eigenvalue weighted by Gasteiger charge is 2.66. The van der Waals surface area contributed by atoms with Crippen molar-refractivity contribution >= 4 is 40.6 Å². The number of hydrogen-bond donors (Lipinski definition) is 1. The Hall–Kier alpha value is -4.29. The summed E-state index contributed by atoms with van der Waals surface area (Å²) in [5, 5.41) is 10.6. The van der Waals surface area contributed by atoms with Gasteiger partial charge in [-0.25, -0.2) is 0 Å². The lowest BCUT2D eigenvalue weighted by Gasteiger charge is -2.55. The number of carbonyl (C=O) groups excluding carboxylic acids is 4. The Labute approximate surface area is 261 Å². The number of benzene rings is 3. The van der Waals surface area contributed by atoms with Crippen LogP contribution in [0.3, 0.4) is 0 Å². The highest BCUT2D eigenvalue weighted by atomic mass is 35.5. The number of fused-ring (bicyclic) bond motifs is 4. The fourth-order valence-electron chi connectivity index (χ4n) is 8.48. The standard InChI is InChI=1S/C37H32ClNO5/c1-2-17-39-35(43)26-16-15-24-28(32(26)36(39)44)19-29-34(42)27(21-9-5-3-6-10-21)20-31(41)37(29,22-11-7-4-8-12-22)33(24)25-14-13-23(40)18-30(25)38/h3-15,18,20,26,28-29,32-33,40H,2,16-17,19H2,1H3. The van der Waals surface area contributed by atoms with Crippen LogP contribution < -0.4 is 0 Å². The van der Waals surface area contributed by atoms with E-state index in [-0.39, 0.29) is 40.6 Å². The number of aromatic hydroxyl groups is 1. The smallest absolute Gasteiger partial charge is 0.233 e. The van der Waals surface area contributed by atoms with Gasteiger partial charge in [-0.3, -0.25) is 24.1 Å². The molecule has 0 radical (unpaired) electrons. The number of phenolic OH excluding ortho intramolecular Hbond substituents is 1. The van der Waals surface area contributed by atoms with Crippen LogP contribution >= 0.6 is 11.6 Å². The Kier molecular flexibility index (Phi) is 6.93. The lowest BCUT2D eigenvalue weighted by molar-refractivity contribution is -0.140. The third-order valence-electron chi connectivity index (χ3n) is 10.2. The Bertz CT molecular complexity index is 1760. The molecule has 2 fully saturated rings. The molecule has 0 aromatic heterocycles. The second-order valence-corrected chi connectivity index (χ2v) is 12.7. The topological polar surface area (TPSA) is 91.8 Å². The third-order valence-corrected chi connectivity index (χ3v) is 10.5. The number of nitrogens with zero attached hydrogens (tertiary/aromatic N) is 1. The molecule has 1 saturated carbocycles. The van der Waals surface area contributed by atoms with Gasteiger partial charge in [0.15, 0.2) is 11.6 Å². The van der Waals surface area contributed by atoms with E-state index in [2.05, 4.69) is 0 Å². The molecule has 1 N–H and O–H groups in total. The van der Waals surface area contributed by atoms with Gasteiger partial charge < -0.3 is 5.11 Å². The Morgan fingerprint density at radius 2 is 1.61 bits per heavy atom. The number of phenols is 1. The van der Waals surface area contributed by atoms with Crippen molar-refractivity contribution in [3.8, 4) is 5.75 Å². The highest BCUT2D eigenvalue weighted by molar-refractivity contribution is 6.33. The largest absolute Gasteiger partial charge is 0.508 e. The molecular formula is C37H32ClNO5. The van der Waals surface area contributed by atoms with Gasteiger partial charge >= 0.3 is 0 Å². The number of imide groups is 1. The van der Waals surface area contributed by atoms with Gasteiger partial charge in [-0.2, -0.15) is 0 Å². The predicted molar refractivity (Wildman–Crippen MR) is 167 cm³/mol. The van der Waals surface area contributed by atoms with Crippen molar-refractivity contribution < 1.29 is 24.3 Å². The normalized spacial score (nSPS) is 29.5. The number of amides is 2. The predicted octanol–water partition coefficient (Wildman–Crippen LogP) is 6.28. The minimum atomic E-state index is -1.35. The summed E-state index contributed by atoms with van der Waals surface area (Å²) in [6.45, 7) is 2.29.